The average Bonchev–Trinajstić information content (AvgIpc) is 3.52. The number of anilines is 1. The highest BCUT2D eigenvalue weighted by molar-refractivity contribution is 7.91. The van der Waals surface area contributed by atoms with Crippen molar-refractivity contribution in [2.75, 3.05) is 52.3 Å². The van der Waals surface area contributed by atoms with E-state index in [0.717, 1.165) is 23.2 Å². The second kappa shape index (κ2) is 10.7. The number of aromatic nitrogens is 1. The maximum atomic E-state index is 13.8. The van der Waals surface area contributed by atoms with Gasteiger partial charge in [0.15, 0.2) is 5.13 Å². The molecule has 0 N–H and O–H groups in total. The van der Waals surface area contributed by atoms with E-state index in [0.29, 0.717) is 41.0 Å². The quantitative estimate of drug-likeness (QED) is 0.426. The van der Waals surface area contributed by atoms with Gasteiger partial charge in [0.2, 0.25) is 5.91 Å². The minimum absolute atomic E-state index is 0.0668. The molecule has 8 nitrogen and oxygen atoms in total. The molecule has 0 radical (unpaired) electrons. The molecule has 1 aliphatic rings. The highest BCUT2D eigenvalue weighted by atomic mass is 32.2. The lowest BCUT2D eigenvalue weighted by Crippen LogP contribution is -2.47. The molecule has 1 aliphatic heterocycles. The minimum Gasteiger partial charge on any atom is -0.494 e. The van der Waals surface area contributed by atoms with Gasteiger partial charge in [-0.1, -0.05) is 23.5 Å². The van der Waals surface area contributed by atoms with Gasteiger partial charge in [-0.3, -0.25) is 9.69 Å². The summed E-state index contributed by atoms with van der Waals surface area (Å²) in [6.07, 6.45) is 2.10. The van der Waals surface area contributed by atoms with E-state index in [2.05, 4.69) is 4.90 Å². The van der Waals surface area contributed by atoms with Gasteiger partial charge in [-0.05, 0) is 63.5 Å². The second-order valence-electron chi connectivity index (χ2n) is 8.58. The minimum atomic E-state index is -3.59. The van der Waals surface area contributed by atoms with Gasteiger partial charge in [-0.2, -0.15) is 4.31 Å². The van der Waals surface area contributed by atoms with Gasteiger partial charge in [-0.25, -0.2) is 13.4 Å². The topological polar surface area (TPSA) is 83.0 Å². The Hall–Kier alpha value is -2.05. The Morgan fingerprint density at radius 3 is 2.76 bits per heavy atom. The Balaban J connectivity index is 1.60. The van der Waals surface area contributed by atoms with Crippen LogP contribution in [0.5, 0.6) is 5.75 Å². The van der Waals surface area contributed by atoms with E-state index in [1.54, 1.807) is 29.5 Å². The first-order valence-electron chi connectivity index (χ1n) is 11.2. The Bertz CT molecular complexity index is 1220. The lowest BCUT2D eigenvalue weighted by Gasteiger charge is -2.33. The summed E-state index contributed by atoms with van der Waals surface area (Å²) in [7, 11) is 2.03. The number of benzene rings is 1. The largest absolute Gasteiger partial charge is 0.494 e. The van der Waals surface area contributed by atoms with Gasteiger partial charge in [0.05, 0.1) is 17.7 Å². The molecule has 1 fully saturated rings. The number of carbonyl (C=O) groups excluding carboxylic acids is 1. The van der Waals surface area contributed by atoms with E-state index >= 15 is 0 Å². The smallest absolute Gasteiger partial charge is 0.252 e. The summed E-state index contributed by atoms with van der Waals surface area (Å²) in [6.45, 7) is 1.98. The van der Waals surface area contributed by atoms with Crippen LogP contribution in [0.15, 0.2) is 39.9 Å². The molecular weight excluding hydrogens is 492 g/mol. The predicted molar refractivity (Wildman–Crippen MR) is 137 cm³/mol. The molecule has 0 saturated carbocycles. The molecule has 0 aliphatic carbocycles. The number of piperidine rings is 1. The fourth-order valence-electron chi connectivity index (χ4n) is 4.16. The van der Waals surface area contributed by atoms with Crippen LogP contribution in [0.25, 0.3) is 10.2 Å². The second-order valence-corrected chi connectivity index (χ2v) is 12.7. The summed E-state index contributed by atoms with van der Waals surface area (Å²) in [5.41, 5.74) is 0.737. The lowest BCUT2D eigenvalue weighted by atomic mass is 9.98. The zero-order valence-electron chi connectivity index (χ0n) is 19.6. The number of nitrogens with zero attached hydrogens (tertiary/aromatic N) is 4. The standard InChI is InChI=1S/C23H30N4O4S3/c1-25(2)12-7-14-27(23-24-21-18(31-3)9-4-10-19(21)33-23)22(28)17-8-5-13-26(16-17)34(29,30)20-11-6-15-32-20/h4,6,9-11,15,17H,5,7-8,12-14,16H2,1-3H3. The van der Waals surface area contributed by atoms with Crippen LogP contribution in [0.1, 0.15) is 19.3 Å². The van der Waals surface area contributed by atoms with Crippen molar-refractivity contribution in [1.29, 1.82) is 0 Å². The zero-order chi connectivity index (χ0) is 24.3. The van der Waals surface area contributed by atoms with E-state index in [1.165, 1.54) is 27.0 Å². The van der Waals surface area contributed by atoms with Crippen molar-refractivity contribution in [3.8, 4) is 5.75 Å². The molecule has 2 aromatic heterocycles. The average molecular weight is 523 g/mol. The van der Waals surface area contributed by atoms with Gasteiger partial charge >= 0.3 is 0 Å². The number of sulfonamides is 1. The molecule has 3 heterocycles. The van der Waals surface area contributed by atoms with Crippen molar-refractivity contribution in [3.63, 3.8) is 0 Å². The van der Waals surface area contributed by atoms with Crippen LogP contribution in [-0.4, -0.2) is 75.9 Å². The zero-order valence-corrected chi connectivity index (χ0v) is 22.1. The molecule has 3 aromatic rings. The number of hydrogen-bond donors (Lipinski definition) is 0. The molecule has 4 rings (SSSR count). The van der Waals surface area contributed by atoms with Crippen molar-refractivity contribution in [1.82, 2.24) is 14.2 Å². The van der Waals surface area contributed by atoms with Crippen molar-refractivity contribution in [3.05, 3.63) is 35.7 Å². The van der Waals surface area contributed by atoms with Crippen LogP contribution >= 0.6 is 22.7 Å². The molecule has 1 atom stereocenters. The number of fused-ring (bicyclic) bond motifs is 1. The monoisotopic (exact) mass is 522 g/mol. The normalized spacial score (nSPS) is 17.4. The van der Waals surface area contributed by atoms with Crippen LogP contribution in [0.2, 0.25) is 0 Å². The van der Waals surface area contributed by atoms with Crippen molar-refractivity contribution in [2.24, 2.45) is 5.92 Å². The predicted octanol–water partition coefficient (Wildman–Crippen LogP) is 3.75. The first-order valence-corrected chi connectivity index (χ1v) is 14.4. The lowest BCUT2D eigenvalue weighted by molar-refractivity contribution is -0.123. The fraction of sp³-hybridized carbons (Fsp3) is 0.478. The van der Waals surface area contributed by atoms with Crippen molar-refractivity contribution in [2.45, 2.75) is 23.5 Å². The molecule has 0 bridgehead atoms. The molecule has 1 unspecified atom stereocenters. The third-order valence-electron chi connectivity index (χ3n) is 5.90. The number of rotatable bonds is 9. The summed E-state index contributed by atoms with van der Waals surface area (Å²) in [5, 5.41) is 2.38. The Kier molecular flexibility index (Phi) is 7.88. The van der Waals surface area contributed by atoms with Crippen molar-refractivity contribution >= 4 is 54.0 Å². The molecule has 1 amide bonds. The Labute approximate surface area is 208 Å². The number of thiazole rings is 1. The highest BCUT2D eigenvalue weighted by Gasteiger charge is 2.36. The highest BCUT2D eigenvalue weighted by Crippen LogP contribution is 2.35. The maximum absolute atomic E-state index is 13.8. The van der Waals surface area contributed by atoms with E-state index in [4.69, 9.17) is 9.72 Å². The summed E-state index contributed by atoms with van der Waals surface area (Å²) < 4.78 is 34.3. The molecule has 34 heavy (non-hydrogen) atoms. The van der Waals surface area contributed by atoms with E-state index in [1.807, 2.05) is 32.3 Å². The van der Waals surface area contributed by atoms with Crippen molar-refractivity contribution < 1.29 is 17.9 Å². The van der Waals surface area contributed by atoms with Crippen LogP contribution in [0.3, 0.4) is 0 Å². The Morgan fingerprint density at radius 2 is 2.06 bits per heavy atom. The number of amides is 1. The third kappa shape index (κ3) is 5.28. The van der Waals surface area contributed by atoms with Gasteiger partial charge in [0.1, 0.15) is 15.5 Å². The van der Waals surface area contributed by atoms with Gasteiger partial charge in [0.25, 0.3) is 10.0 Å². The first kappa shape index (κ1) is 25.1. The Morgan fingerprint density at radius 1 is 1.24 bits per heavy atom. The van der Waals surface area contributed by atoms with Crippen LogP contribution in [0.4, 0.5) is 5.13 Å². The first-order chi connectivity index (χ1) is 16.3. The van der Waals surface area contributed by atoms with Gasteiger partial charge in [-0.15, -0.1) is 11.3 Å². The van der Waals surface area contributed by atoms with Crippen LogP contribution in [0, 0.1) is 5.92 Å². The molecule has 1 aromatic carbocycles. The number of thiophene rings is 1. The molecule has 1 saturated heterocycles. The molecule has 11 heteroatoms. The van der Waals surface area contributed by atoms with Crippen LogP contribution < -0.4 is 9.64 Å². The van der Waals surface area contributed by atoms with Gasteiger partial charge < -0.3 is 9.64 Å². The van der Waals surface area contributed by atoms with E-state index in [-0.39, 0.29) is 12.5 Å². The summed E-state index contributed by atoms with van der Waals surface area (Å²) in [4.78, 5) is 22.4. The molecule has 184 valence electrons. The van der Waals surface area contributed by atoms with E-state index in [9.17, 15) is 13.2 Å². The number of ether oxygens (including phenoxy) is 1. The summed E-state index contributed by atoms with van der Waals surface area (Å²) in [6, 6.07) is 9.09. The molecule has 0 spiro atoms. The summed E-state index contributed by atoms with van der Waals surface area (Å²) >= 11 is 2.67. The fourth-order valence-corrected chi connectivity index (χ4v) is 7.84. The third-order valence-corrected chi connectivity index (χ3v) is 10.2. The number of hydrogen-bond acceptors (Lipinski definition) is 8. The number of carbonyl (C=O) groups is 1. The molecular formula is C23H30N4O4S3. The SMILES string of the molecule is COc1cccc2sc(N(CCCN(C)C)C(=O)C3CCCN(S(=O)(=O)c4cccs4)C3)nc12. The van der Waals surface area contributed by atoms with Gasteiger partial charge in [0, 0.05) is 19.6 Å². The summed E-state index contributed by atoms with van der Waals surface area (Å²) in [5.74, 6) is 0.200. The number of methoxy groups -OCH3 is 1. The maximum Gasteiger partial charge on any atom is 0.252 e. The van der Waals surface area contributed by atoms with Crippen LogP contribution in [-0.2, 0) is 14.8 Å². The number of para-hydroxylation sites is 1. The van der Waals surface area contributed by atoms with E-state index < -0.39 is 15.9 Å².